The smallest absolute Gasteiger partial charge is 0.308 e. The topological polar surface area (TPSA) is 40.5 Å². The Bertz CT molecular complexity index is 567. The predicted molar refractivity (Wildman–Crippen MR) is 79.9 cm³/mol. The molecule has 1 aliphatic heterocycles. The number of carbonyl (C=O) groups is 1. The quantitative estimate of drug-likeness (QED) is 0.939. The van der Waals surface area contributed by atoms with Crippen molar-refractivity contribution in [1.29, 1.82) is 0 Å². The van der Waals surface area contributed by atoms with Crippen molar-refractivity contribution in [3.05, 3.63) is 58.3 Å². The Morgan fingerprint density at radius 1 is 1.20 bits per heavy atom. The van der Waals surface area contributed by atoms with Gasteiger partial charge in [0, 0.05) is 30.4 Å². The van der Waals surface area contributed by atoms with Crippen molar-refractivity contribution in [3.8, 4) is 0 Å². The van der Waals surface area contributed by atoms with E-state index >= 15 is 0 Å². The standard InChI is InChI=1S/C16H17NO2S/c18-16(19)14-11-17(9-12-5-2-1-3-6-12)10-13(14)15-7-4-8-20-15/h1-8,13-14H,9-11H2,(H,18,19)/t13-,14+/m1/s1. The molecule has 0 saturated carbocycles. The Labute approximate surface area is 122 Å². The molecule has 2 heterocycles. The summed E-state index contributed by atoms with van der Waals surface area (Å²) in [6.45, 7) is 2.28. The van der Waals surface area contributed by atoms with Crippen LogP contribution in [0, 0.1) is 5.92 Å². The van der Waals surface area contributed by atoms with Gasteiger partial charge in [-0.3, -0.25) is 9.69 Å². The average Bonchev–Trinajstić information content (AvgIpc) is 3.08. The van der Waals surface area contributed by atoms with E-state index < -0.39 is 5.97 Å². The van der Waals surface area contributed by atoms with Crippen molar-refractivity contribution >= 4 is 17.3 Å². The molecule has 0 amide bonds. The first-order valence-electron chi connectivity index (χ1n) is 6.76. The molecule has 1 fully saturated rings. The molecule has 0 spiro atoms. The molecule has 1 saturated heterocycles. The molecule has 0 aliphatic carbocycles. The molecule has 1 aliphatic rings. The van der Waals surface area contributed by atoms with E-state index in [0.717, 1.165) is 13.1 Å². The van der Waals surface area contributed by atoms with E-state index in [1.54, 1.807) is 11.3 Å². The van der Waals surface area contributed by atoms with E-state index in [1.165, 1.54) is 10.4 Å². The molecule has 3 rings (SSSR count). The number of thiophene rings is 1. The van der Waals surface area contributed by atoms with Crippen LogP contribution in [0.1, 0.15) is 16.4 Å². The van der Waals surface area contributed by atoms with Crippen LogP contribution in [-0.2, 0) is 11.3 Å². The highest BCUT2D eigenvalue weighted by atomic mass is 32.1. The molecular formula is C16H17NO2S. The molecule has 104 valence electrons. The average molecular weight is 287 g/mol. The molecule has 4 heteroatoms. The molecule has 2 aromatic rings. The van der Waals surface area contributed by atoms with Crippen molar-refractivity contribution in [3.63, 3.8) is 0 Å². The van der Waals surface area contributed by atoms with Gasteiger partial charge < -0.3 is 5.11 Å². The number of rotatable bonds is 4. The van der Waals surface area contributed by atoms with E-state index in [2.05, 4.69) is 23.1 Å². The van der Waals surface area contributed by atoms with E-state index in [9.17, 15) is 9.90 Å². The molecule has 1 aromatic heterocycles. The Hall–Kier alpha value is -1.65. The number of carboxylic acid groups (broad SMARTS) is 1. The molecule has 1 aromatic carbocycles. The molecule has 20 heavy (non-hydrogen) atoms. The largest absolute Gasteiger partial charge is 0.481 e. The molecular weight excluding hydrogens is 270 g/mol. The number of benzene rings is 1. The molecule has 2 atom stereocenters. The number of hydrogen-bond donors (Lipinski definition) is 1. The van der Waals surface area contributed by atoms with Gasteiger partial charge in [-0.05, 0) is 17.0 Å². The fourth-order valence-electron chi connectivity index (χ4n) is 2.90. The zero-order valence-corrected chi connectivity index (χ0v) is 11.9. The highest BCUT2D eigenvalue weighted by Gasteiger charge is 2.38. The normalized spacial score (nSPS) is 23.0. The van der Waals surface area contributed by atoms with Gasteiger partial charge in [-0.1, -0.05) is 36.4 Å². The number of carboxylic acids is 1. The van der Waals surface area contributed by atoms with Gasteiger partial charge in [-0.15, -0.1) is 11.3 Å². The van der Waals surface area contributed by atoms with Gasteiger partial charge in [-0.25, -0.2) is 0 Å². The first kappa shape index (κ1) is 13.3. The van der Waals surface area contributed by atoms with Gasteiger partial charge in [0.2, 0.25) is 0 Å². The maximum atomic E-state index is 11.5. The zero-order valence-electron chi connectivity index (χ0n) is 11.1. The van der Waals surface area contributed by atoms with Crippen molar-refractivity contribution < 1.29 is 9.90 Å². The molecule has 3 nitrogen and oxygen atoms in total. The van der Waals surface area contributed by atoms with Crippen molar-refractivity contribution in [2.45, 2.75) is 12.5 Å². The van der Waals surface area contributed by atoms with Gasteiger partial charge in [-0.2, -0.15) is 0 Å². The highest BCUT2D eigenvalue weighted by molar-refractivity contribution is 7.10. The van der Waals surface area contributed by atoms with E-state index in [4.69, 9.17) is 0 Å². The second-order valence-electron chi connectivity index (χ2n) is 5.25. The van der Waals surface area contributed by atoms with Crippen LogP contribution in [0.5, 0.6) is 0 Å². The second-order valence-corrected chi connectivity index (χ2v) is 6.23. The summed E-state index contributed by atoms with van der Waals surface area (Å²) in [6, 6.07) is 14.3. The van der Waals surface area contributed by atoms with Gasteiger partial charge in [0.1, 0.15) is 0 Å². The van der Waals surface area contributed by atoms with Gasteiger partial charge in [0.15, 0.2) is 0 Å². The van der Waals surface area contributed by atoms with Crippen molar-refractivity contribution in [2.24, 2.45) is 5.92 Å². The number of hydrogen-bond acceptors (Lipinski definition) is 3. The van der Waals surface area contributed by atoms with E-state index in [-0.39, 0.29) is 11.8 Å². The minimum atomic E-state index is -0.682. The molecule has 0 unspecified atom stereocenters. The lowest BCUT2D eigenvalue weighted by Gasteiger charge is -2.15. The lowest BCUT2D eigenvalue weighted by Crippen LogP contribution is -2.23. The van der Waals surface area contributed by atoms with E-state index in [1.807, 2.05) is 29.6 Å². The summed E-state index contributed by atoms with van der Waals surface area (Å²) in [5.74, 6) is -0.854. The lowest BCUT2D eigenvalue weighted by molar-refractivity contribution is -0.141. The highest BCUT2D eigenvalue weighted by Crippen LogP contribution is 2.35. The first-order chi connectivity index (χ1) is 9.74. The summed E-state index contributed by atoms with van der Waals surface area (Å²) in [7, 11) is 0. The fraction of sp³-hybridized carbons (Fsp3) is 0.312. The Morgan fingerprint density at radius 3 is 2.65 bits per heavy atom. The summed E-state index contributed by atoms with van der Waals surface area (Å²) < 4.78 is 0. The van der Waals surface area contributed by atoms with Crippen LogP contribution in [0.25, 0.3) is 0 Å². The van der Waals surface area contributed by atoms with Crippen LogP contribution in [0.2, 0.25) is 0 Å². The van der Waals surface area contributed by atoms with Gasteiger partial charge >= 0.3 is 5.97 Å². The maximum Gasteiger partial charge on any atom is 0.308 e. The monoisotopic (exact) mass is 287 g/mol. The van der Waals surface area contributed by atoms with Crippen molar-refractivity contribution in [1.82, 2.24) is 4.90 Å². The van der Waals surface area contributed by atoms with Crippen molar-refractivity contribution in [2.75, 3.05) is 13.1 Å². The molecule has 0 bridgehead atoms. The molecule has 0 radical (unpaired) electrons. The third kappa shape index (κ3) is 2.76. The Balaban J connectivity index is 1.75. The molecule has 1 N–H and O–H groups in total. The number of aliphatic carboxylic acids is 1. The Morgan fingerprint density at radius 2 is 2.00 bits per heavy atom. The maximum absolute atomic E-state index is 11.5. The van der Waals surface area contributed by atoms with Gasteiger partial charge in [0.05, 0.1) is 5.92 Å². The second kappa shape index (κ2) is 5.77. The Kier molecular flexibility index (Phi) is 3.85. The summed E-state index contributed by atoms with van der Waals surface area (Å²) >= 11 is 1.66. The van der Waals surface area contributed by atoms with Crippen LogP contribution in [0.4, 0.5) is 0 Å². The summed E-state index contributed by atoms with van der Waals surface area (Å²) in [4.78, 5) is 14.9. The van der Waals surface area contributed by atoms with Crippen LogP contribution in [-0.4, -0.2) is 29.1 Å². The van der Waals surface area contributed by atoms with Crippen LogP contribution in [0.15, 0.2) is 47.8 Å². The SMILES string of the molecule is O=C(O)[C@H]1CN(Cc2ccccc2)C[C@H]1c1cccs1. The first-order valence-corrected chi connectivity index (χ1v) is 7.64. The van der Waals surface area contributed by atoms with Crippen LogP contribution < -0.4 is 0 Å². The third-order valence-corrected chi connectivity index (χ3v) is 4.87. The van der Waals surface area contributed by atoms with Gasteiger partial charge in [0.25, 0.3) is 0 Å². The van der Waals surface area contributed by atoms with E-state index in [0.29, 0.717) is 6.54 Å². The third-order valence-electron chi connectivity index (χ3n) is 3.87. The fourth-order valence-corrected chi connectivity index (χ4v) is 3.78. The lowest BCUT2D eigenvalue weighted by atomic mass is 9.95. The minimum absolute atomic E-state index is 0.121. The zero-order chi connectivity index (χ0) is 13.9. The number of nitrogens with zero attached hydrogens (tertiary/aromatic N) is 1. The number of likely N-dealkylation sites (tertiary alicyclic amines) is 1. The van der Waals surface area contributed by atoms with Crippen LogP contribution >= 0.6 is 11.3 Å². The van der Waals surface area contributed by atoms with Crippen LogP contribution in [0.3, 0.4) is 0 Å². The predicted octanol–water partition coefficient (Wildman–Crippen LogP) is 3.05. The summed E-state index contributed by atoms with van der Waals surface area (Å²) in [5.41, 5.74) is 1.24. The summed E-state index contributed by atoms with van der Waals surface area (Å²) in [5, 5.41) is 11.5. The minimum Gasteiger partial charge on any atom is -0.481 e. The summed E-state index contributed by atoms with van der Waals surface area (Å²) in [6.07, 6.45) is 0.